The molecule has 0 saturated heterocycles. The van der Waals surface area contributed by atoms with E-state index in [0.717, 1.165) is 32.9 Å². The van der Waals surface area contributed by atoms with Crippen LogP contribution in [0.25, 0.3) is 10.2 Å². The minimum Gasteiger partial charge on any atom is -0.341 e. The largest absolute Gasteiger partial charge is 0.341 e. The van der Waals surface area contributed by atoms with E-state index in [4.69, 9.17) is 0 Å². The lowest BCUT2D eigenvalue weighted by atomic mass is 10.2. The van der Waals surface area contributed by atoms with Gasteiger partial charge < -0.3 is 4.90 Å². The maximum atomic E-state index is 12.9. The lowest BCUT2D eigenvalue weighted by Crippen LogP contribution is -2.28. The summed E-state index contributed by atoms with van der Waals surface area (Å²) < 4.78 is 2.00. The monoisotopic (exact) mass is 390 g/mol. The Bertz CT molecular complexity index is 1090. The molecule has 0 aliphatic heterocycles. The van der Waals surface area contributed by atoms with Crippen molar-refractivity contribution in [3.8, 4) is 0 Å². The summed E-state index contributed by atoms with van der Waals surface area (Å²) in [6.07, 6.45) is 2.53. The van der Waals surface area contributed by atoms with E-state index in [1.807, 2.05) is 61.1 Å². The molecule has 0 aliphatic rings. The van der Waals surface area contributed by atoms with Gasteiger partial charge in [-0.2, -0.15) is 5.10 Å². The molecule has 0 radical (unpaired) electrons. The molecule has 0 unspecified atom stereocenters. The lowest BCUT2D eigenvalue weighted by Gasteiger charge is -2.15. The van der Waals surface area contributed by atoms with E-state index in [0.29, 0.717) is 13.1 Å². The Morgan fingerprint density at radius 3 is 2.68 bits per heavy atom. The normalized spacial score (nSPS) is 11.1. The molecule has 0 spiro atoms. The van der Waals surface area contributed by atoms with Gasteiger partial charge >= 0.3 is 0 Å². The van der Waals surface area contributed by atoms with Gasteiger partial charge in [0, 0.05) is 37.3 Å². The molecule has 0 bridgehead atoms. The van der Waals surface area contributed by atoms with Crippen LogP contribution >= 0.6 is 11.3 Å². The second kappa shape index (κ2) is 7.94. The molecule has 4 rings (SSSR count). The zero-order valence-corrected chi connectivity index (χ0v) is 16.8. The molecule has 5 nitrogen and oxygen atoms in total. The Labute approximate surface area is 168 Å². The summed E-state index contributed by atoms with van der Waals surface area (Å²) in [5, 5.41) is 5.72. The number of fused-ring (bicyclic) bond motifs is 1. The first-order valence-electron chi connectivity index (χ1n) is 9.28. The van der Waals surface area contributed by atoms with E-state index in [2.05, 4.69) is 22.2 Å². The number of hydrogen-bond acceptors (Lipinski definition) is 4. The fraction of sp³-hybridized carbons (Fsp3) is 0.227. The molecule has 0 N–H and O–H groups in total. The maximum Gasteiger partial charge on any atom is 0.263 e. The Hall–Kier alpha value is -2.99. The summed E-state index contributed by atoms with van der Waals surface area (Å²) in [4.78, 5) is 20.8. The Balaban J connectivity index is 1.52. The van der Waals surface area contributed by atoms with E-state index in [1.54, 1.807) is 11.1 Å². The minimum atomic E-state index is 0.0443. The molecular weight excluding hydrogens is 368 g/mol. The number of nitrogens with zero attached hydrogens (tertiary/aromatic N) is 4. The first kappa shape index (κ1) is 18.4. The second-order valence-corrected chi connectivity index (χ2v) is 7.89. The van der Waals surface area contributed by atoms with Gasteiger partial charge in [-0.1, -0.05) is 36.4 Å². The van der Waals surface area contributed by atoms with Gasteiger partial charge in [0.1, 0.15) is 4.83 Å². The first-order chi connectivity index (χ1) is 13.6. The smallest absolute Gasteiger partial charge is 0.263 e. The number of rotatable bonds is 6. The van der Waals surface area contributed by atoms with E-state index in [1.165, 1.54) is 16.9 Å². The number of pyridine rings is 1. The van der Waals surface area contributed by atoms with E-state index < -0.39 is 0 Å². The highest BCUT2D eigenvalue weighted by molar-refractivity contribution is 7.20. The van der Waals surface area contributed by atoms with Crippen LogP contribution in [0.3, 0.4) is 0 Å². The number of amides is 1. The van der Waals surface area contributed by atoms with Crippen molar-refractivity contribution in [3.05, 3.63) is 82.6 Å². The number of benzene rings is 1. The van der Waals surface area contributed by atoms with Crippen LogP contribution < -0.4 is 0 Å². The van der Waals surface area contributed by atoms with Crippen molar-refractivity contribution in [3.63, 3.8) is 0 Å². The van der Waals surface area contributed by atoms with Crippen molar-refractivity contribution < 1.29 is 4.79 Å². The van der Waals surface area contributed by atoms with Crippen LogP contribution in [0, 0.1) is 6.92 Å². The van der Waals surface area contributed by atoms with Gasteiger partial charge in [-0.05, 0) is 30.7 Å². The predicted molar refractivity (Wildman–Crippen MR) is 113 cm³/mol. The average Bonchev–Trinajstić information content (AvgIpc) is 3.28. The SMILES string of the molecule is Cc1nn(Cc2ccccc2)c2sc(C(=O)N(C)CCc3ccccn3)cc12. The fourth-order valence-corrected chi connectivity index (χ4v) is 4.36. The standard InChI is InChI=1S/C22H22N4OS/c1-16-19-14-20(21(27)25(2)13-11-18-10-6-7-12-23-18)28-22(19)26(24-16)15-17-8-4-3-5-9-17/h3-10,12,14H,11,13,15H2,1-2H3. The van der Waals surface area contributed by atoms with Crippen LogP contribution in [0.2, 0.25) is 0 Å². The van der Waals surface area contributed by atoms with Crippen molar-refractivity contribution >= 4 is 27.5 Å². The van der Waals surface area contributed by atoms with Gasteiger partial charge in [0.2, 0.25) is 0 Å². The van der Waals surface area contributed by atoms with Crippen molar-refractivity contribution in [2.75, 3.05) is 13.6 Å². The van der Waals surface area contributed by atoms with Gasteiger partial charge in [0.15, 0.2) is 0 Å². The summed E-state index contributed by atoms with van der Waals surface area (Å²) >= 11 is 1.52. The van der Waals surface area contributed by atoms with Gasteiger partial charge in [0.25, 0.3) is 5.91 Å². The Morgan fingerprint density at radius 1 is 1.14 bits per heavy atom. The summed E-state index contributed by atoms with van der Waals surface area (Å²) in [5.41, 5.74) is 3.14. The van der Waals surface area contributed by atoms with E-state index in [9.17, 15) is 4.79 Å². The molecular formula is C22H22N4OS. The van der Waals surface area contributed by atoms with Crippen molar-refractivity contribution in [1.82, 2.24) is 19.7 Å². The molecule has 1 aromatic carbocycles. The molecule has 3 heterocycles. The molecule has 0 saturated carbocycles. The van der Waals surface area contributed by atoms with Crippen molar-refractivity contribution in [2.24, 2.45) is 0 Å². The van der Waals surface area contributed by atoms with E-state index >= 15 is 0 Å². The number of carbonyl (C=O) groups is 1. The first-order valence-corrected chi connectivity index (χ1v) is 10.1. The molecule has 1 amide bonds. The average molecular weight is 391 g/mol. The topological polar surface area (TPSA) is 51.0 Å². The zero-order chi connectivity index (χ0) is 19.5. The molecule has 0 aliphatic carbocycles. The molecule has 0 atom stereocenters. The highest BCUT2D eigenvalue weighted by atomic mass is 32.1. The second-order valence-electron chi connectivity index (χ2n) is 6.86. The highest BCUT2D eigenvalue weighted by Gasteiger charge is 2.19. The number of aromatic nitrogens is 3. The molecule has 0 fully saturated rings. The predicted octanol–water partition coefficient (Wildman–Crippen LogP) is 4.16. The van der Waals surface area contributed by atoms with Crippen LogP contribution in [0.1, 0.15) is 26.6 Å². The van der Waals surface area contributed by atoms with Gasteiger partial charge in [0.05, 0.1) is 17.1 Å². The van der Waals surface area contributed by atoms with Gasteiger partial charge in [-0.25, -0.2) is 0 Å². The number of likely N-dealkylation sites (N-methyl/N-ethyl adjacent to an activating group) is 1. The molecule has 4 aromatic rings. The number of carbonyl (C=O) groups excluding carboxylic acids is 1. The Kier molecular flexibility index (Phi) is 5.21. The highest BCUT2D eigenvalue weighted by Crippen LogP contribution is 2.29. The molecule has 28 heavy (non-hydrogen) atoms. The van der Waals surface area contributed by atoms with Crippen LogP contribution in [-0.4, -0.2) is 39.2 Å². The summed E-state index contributed by atoms with van der Waals surface area (Å²) in [7, 11) is 1.85. The number of hydrogen-bond donors (Lipinski definition) is 0. The third kappa shape index (κ3) is 3.82. The Morgan fingerprint density at radius 2 is 1.93 bits per heavy atom. The molecule has 142 valence electrons. The lowest BCUT2D eigenvalue weighted by molar-refractivity contribution is 0.0801. The third-order valence-corrected chi connectivity index (χ3v) is 5.91. The summed E-state index contributed by atoms with van der Waals surface area (Å²) in [5.74, 6) is 0.0443. The van der Waals surface area contributed by atoms with Crippen molar-refractivity contribution in [1.29, 1.82) is 0 Å². The zero-order valence-electron chi connectivity index (χ0n) is 16.0. The minimum absolute atomic E-state index is 0.0443. The molecule has 6 heteroatoms. The van der Waals surface area contributed by atoms with Gasteiger partial charge in [-0.15, -0.1) is 11.3 Å². The maximum absolute atomic E-state index is 12.9. The van der Waals surface area contributed by atoms with Crippen LogP contribution in [0.4, 0.5) is 0 Å². The molecule has 3 aromatic heterocycles. The quantitative estimate of drug-likeness (QED) is 0.497. The summed E-state index contributed by atoms with van der Waals surface area (Å²) in [6.45, 7) is 3.34. The fourth-order valence-electron chi connectivity index (χ4n) is 3.20. The van der Waals surface area contributed by atoms with Crippen LogP contribution in [-0.2, 0) is 13.0 Å². The van der Waals surface area contributed by atoms with Gasteiger partial charge in [-0.3, -0.25) is 14.5 Å². The van der Waals surface area contributed by atoms with Crippen LogP contribution in [0.5, 0.6) is 0 Å². The third-order valence-electron chi connectivity index (χ3n) is 4.77. The number of aryl methyl sites for hydroxylation is 1. The summed E-state index contributed by atoms with van der Waals surface area (Å²) in [6, 6.07) is 18.1. The van der Waals surface area contributed by atoms with E-state index in [-0.39, 0.29) is 5.91 Å². The number of thiophene rings is 1. The van der Waals surface area contributed by atoms with Crippen molar-refractivity contribution in [2.45, 2.75) is 19.9 Å². The van der Waals surface area contributed by atoms with Crippen LogP contribution in [0.15, 0.2) is 60.8 Å².